The van der Waals surface area contributed by atoms with Crippen molar-refractivity contribution in [3.05, 3.63) is 48.5 Å². The van der Waals surface area contributed by atoms with Gasteiger partial charge in [0.05, 0.1) is 23.0 Å². The molecule has 0 amide bonds. The molecule has 1 aromatic heterocycles. The third-order valence-electron chi connectivity index (χ3n) is 4.32. The van der Waals surface area contributed by atoms with Gasteiger partial charge in [0.15, 0.2) is 0 Å². The molecule has 2 N–H and O–H groups in total. The average Bonchev–Trinajstić information content (AvgIpc) is 3.15. The fraction of sp³-hybridized carbons (Fsp3) is 0.222. The number of nitrogen functional groups attached to an aromatic ring is 1. The Balaban J connectivity index is 1.85. The van der Waals surface area contributed by atoms with Gasteiger partial charge in [0, 0.05) is 24.3 Å². The van der Waals surface area contributed by atoms with E-state index in [2.05, 4.69) is 15.1 Å². The van der Waals surface area contributed by atoms with E-state index in [1.165, 1.54) is 11.3 Å². The van der Waals surface area contributed by atoms with E-state index in [1.807, 2.05) is 6.07 Å². The van der Waals surface area contributed by atoms with Crippen LogP contribution in [0.4, 0.5) is 10.8 Å². The van der Waals surface area contributed by atoms with E-state index < -0.39 is 9.84 Å². The van der Waals surface area contributed by atoms with Crippen molar-refractivity contribution in [1.29, 1.82) is 0 Å². The van der Waals surface area contributed by atoms with E-state index in [4.69, 9.17) is 10.5 Å². The van der Waals surface area contributed by atoms with Crippen molar-refractivity contribution in [2.45, 2.75) is 9.79 Å². The summed E-state index contributed by atoms with van der Waals surface area (Å²) in [4.78, 5) is 2.59. The van der Waals surface area contributed by atoms with Gasteiger partial charge in [0.25, 0.3) is 0 Å². The van der Waals surface area contributed by atoms with Crippen LogP contribution in [0.5, 0.6) is 0 Å². The summed E-state index contributed by atoms with van der Waals surface area (Å²) in [5.41, 5.74) is 7.21. The highest BCUT2D eigenvalue weighted by Gasteiger charge is 2.22. The summed E-state index contributed by atoms with van der Waals surface area (Å²) in [5, 5.41) is 8.85. The molecule has 7 nitrogen and oxygen atoms in total. The van der Waals surface area contributed by atoms with E-state index >= 15 is 0 Å². The molecule has 3 aromatic rings. The van der Waals surface area contributed by atoms with Gasteiger partial charge in [0.1, 0.15) is 5.01 Å². The molecule has 0 unspecified atom stereocenters. The Morgan fingerprint density at radius 1 is 1.00 bits per heavy atom. The maximum Gasteiger partial charge on any atom is 0.206 e. The Morgan fingerprint density at radius 3 is 2.41 bits per heavy atom. The average molecular weight is 403 g/mol. The minimum absolute atomic E-state index is 0.224. The first-order valence-corrected chi connectivity index (χ1v) is 10.7. The minimum atomic E-state index is -3.66. The molecule has 1 fully saturated rings. The topological polar surface area (TPSA) is 98.4 Å². The molecule has 1 saturated heterocycles. The fourth-order valence-corrected chi connectivity index (χ4v) is 4.90. The molecular weight excluding hydrogens is 384 g/mol. The number of benzene rings is 2. The Bertz CT molecular complexity index is 1050. The Kier molecular flexibility index (Phi) is 4.81. The lowest BCUT2D eigenvalue weighted by Crippen LogP contribution is -2.36. The molecule has 0 atom stereocenters. The molecule has 4 rings (SSSR count). The Hall–Kier alpha value is -2.49. The second-order valence-corrected chi connectivity index (χ2v) is 9.04. The van der Waals surface area contributed by atoms with Crippen molar-refractivity contribution in [1.82, 2.24) is 10.2 Å². The van der Waals surface area contributed by atoms with E-state index in [0.717, 1.165) is 5.69 Å². The molecule has 2 aromatic carbocycles. The van der Waals surface area contributed by atoms with Crippen molar-refractivity contribution >= 4 is 32.0 Å². The Labute approximate surface area is 161 Å². The highest BCUT2D eigenvalue weighted by Crippen LogP contribution is 2.33. The molecule has 27 heavy (non-hydrogen) atoms. The summed E-state index contributed by atoms with van der Waals surface area (Å²) in [7, 11) is -3.66. The maximum atomic E-state index is 13.2. The monoisotopic (exact) mass is 402 g/mol. The van der Waals surface area contributed by atoms with Crippen LogP contribution in [-0.4, -0.2) is 44.9 Å². The number of ether oxygens (including phenoxy) is 1. The predicted molar refractivity (Wildman–Crippen MR) is 105 cm³/mol. The van der Waals surface area contributed by atoms with Crippen LogP contribution in [0, 0.1) is 0 Å². The number of hydrogen-bond donors (Lipinski definition) is 1. The fourth-order valence-electron chi connectivity index (χ4n) is 2.95. The summed E-state index contributed by atoms with van der Waals surface area (Å²) in [6.07, 6.45) is 0. The third kappa shape index (κ3) is 3.66. The van der Waals surface area contributed by atoms with Gasteiger partial charge in [0.2, 0.25) is 15.0 Å². The van der Waals surface area contributed by atoms with Gasteiger partial charge in [-0.1, -0.05) is 29.5 Å². The van der Waals surface area contributed by atoms with Crippen LogP contribution in [0.3, 0.4) is 0 Å². The zero-order valence-electron chi connectivity index (χ0n) is 14.4. The molecule has 2 heterocycles. The van der Waals surface area contributed by atoms with E-state index in [1.54, 1.807) is 42.5 Å². The van der Waals surface area contributed by atoms with Gasteiger partial charge in [-0.05, 0) is 30.3 Å². The van der Waals surface area contributed by atoms with Crippen LogP contribution in [0.15, 0.2) is 58.3 Å². The van der Waals surface area contributed by atoms with Crippen LogP contribution in [-0.2, 0) is 14.6 Å². The third-order valence-corrected chi connectivity index (χ3v) is 6.87. The lowest BCUT2D eigenvalue weighted by Gasteiger charge is -2.29. The molecule has 140 valence electrons. The molecule has 0 aliphatic carbocycles. The van der Waals surface area contributed by atoms with Crippen LogP contribution >= 0.6 is 11.3 Å². The molecule has 9 heteroatoms. The van der Waals surface area contributed by atoms with Crippen LogP contribution < -0.4 is 10.6 Å². The molecule has 0 bridgehead atoms. The van der Waals surface area contributed by atoms with Crippen molar-refractivity contribution < 1.29 is 13.2 Å². The number of aromatic nitrogens is 2. The van der Waals surface area contributed by atoms with Gasteiger partial charge in [-0.15, -0.1) is 10.2 Å². The molecule has 0 saturated carbocycles. The SMILES string of the molecule is Nc1nnc(-c2cc(N3CCOCC3)cc(S(=O)(=O)c3ccccc3)c2)s1. The van der Waals surface area contributed by atoms with Crippen LogP contribution in [0.25, 0.3) is 10.6 Å². The number of nitrogens with zero attached hydrogens (tertiary/aromatic N) is 3. The highest BCUT2D eigenvalue weighted by molar-refractivity contribution is 7.91. The number of nitrogens with two attached hydrogens (primary N) is 1. The lowest BCUT2D eigenvalue weighted by atomic mass is 10.2. The lowest BCUT2D eigenvalue weighted by molar-refractivity contribution is 0.122. The summed E-state index contributed by atoms with van der Waals surface area (Å²) < 4.78 is 31.7. The van der Waals surface area contributed by atoms with E-state index in [0.29, 0.717) is 42.0 Å². The van der Waals surface area contributed by atoms with Crippen molar-refractivity contribution in [3.63, 3.8) is 0 Å². The highest BCUT2D eigenvalue weighted by atomic mass is 32.2. The summed E-state index contributed by atoms with van der Waals surface area (Å²) >= 11 is 1.23. The summed E-state index contributed by atoms with van der Waals surface area (Å²) in [5.74, 6) is 0. The zero-order chi connectivity index (χ0) is 18.9. The standard InChI is InChI=1S/C18H18N4O3S2/c19-18-21-20-17(26-18)13-10-14(22-6-8-25-9-7-22)12-16(11-13)27(23,24)15-4-2-1-3-5-15/h1-5,10-12H,6-9H2,(H2,19,21). The zero-order valence-corrected chi connectivity index (χ0v) is 16.0. The van der Waals surface area contributed by atoms with Crippen molar-refractivity contribution in [3.8, 4) is 10.6 Å². The Morgan fingerprint density at radius 2 is 1.74 bits per heavy atom. The van der Waals surface area contributed by atoms with E-state index in [-0.39, 0.29) is 9.79 Å². The van der Waals surface area contributed by atoms with Crippen LogP contribution in [0.2, 0.25) is 0 Å². The number of morpholine rings is 1. The number of sulfone groups is 1. The normalized spacial score (nSPS) is 15.0. The number of hydrogen-bond acceptors (Lipinski definition) is 8. The molecular formula is C18H18N4O3S2. The van der Waals surface area contributed by atoms with Crippen LogP contribution in [0.1, 0.15) is 0 Å². The minimum Gasteiger partial charge on any atom is -0.378 e. The van der Waals surface area contributed by atoms with Gasteiger partial charge in [-0.25, -0.2) is 8.42 Å². The first kappa shape index (κ1) is 17.9. The molecule has 1 aliphatic rings. The largest absolute Gasteiger partial charge is 0.378 e. The van der Waals surface area contributed by atoms with Gasteiger partial charge < -0.3 is 15.4 Å². The summed E-state index contributed by atoms with van der Waals surface area (Å²) in [6.45, 7) is 2.62. The van der Waals surface area contributed by atoms with Crippen molar-refractivity contribution in [2.75, 3.05) is 36.9 Å². The first-order valence-electron chi connectivity index (χ1n) is 8.41. The number of anilines is 2. The van der Waals surface area contributed by atoms with Gasteiger partial charge in [-0.2, -0.15) is 0 Å². The molecule has 0 radical (unpaired) electrons. The first-order chi connectivity index (χ1) is 13.0. The van der Waals surface area contributed by atoms with Gasteiger partial charge >= 0.3 is 0 Å². The molecule has 0 spiro atoms. The second-order valence-electron chi connectivity index (χ2n) is 6.08. The maximum absolute atomic E-state index is 13.2. The summed E-state index contributed by atoms with van der Waals surface area (Å²) in [6, 6.07) is 13.7. The van der Waals surface area contributed by atoms with Gasteiger partial charge in [-0.3, -0.25) is 0 Å². The quantitative estimate of drug-likeness (QED) is 0.716. The second kappa shape index (κ2) is 7.26. The number of rotatable bonds is 4. The predicted octanol–water partition coefficient (Wildman–Crippen LogP) is 2.46. The van der Waals surface area contributed by atoms with Crippen molar-refractivity contribution in [2.24, 2.45) is 0 Å². The molecule has 1 aliphatic heterocycles. The van der Waals surface area contributed by atoms with E-state index in [9.17, 15) is 8.42 Å². The smallest absolute Gasteiger partial charge is 0.206 e.